The number of thioether (sulfide) groups is 1. The van der Waals surface area contributed by atoms with Crippen LogP contribution in [0.4, 0.5) is 5.13 Å². The standard InChI is InChI=1S/C20H21N3O3S3/c1-25-17-11-13(8-9-16(17)26-14-5-2-3-6-14)18(24)21-19-22-23-20(29-19)28-12-15-7-4-10-27-15/h4,7-11,14H,2-3,5-6,12H2,1H3,(H,21,22,24). The highest BCUT2D eigenvalue weighted by molar-refractivity contribution is 8.00. The molecule has 6 nitrogen and oxygen atoms in total. The van der Waals surface area contributed by atoms with E-state index in [1.807, 2.05) is 6.07 Å². The fraction of sp³-hybridized carbons (Fsp3) is 0.350. The van der Waals surface area contributed by atoms with Gasteiger partial charge in [-0.1, -0.05) is 29.2 Å². The molecule has 0 radical (unpaired) electrons. The first-order valence-corrected chi connectivity index (χ1v) is 12.0. The number of amides is 1. The first-order chi connectivity index (χ1) is 14.2. The summed E-state index contributed by atoms with van der Waals surface area (Å²) in [6.45, 7) is 0. The maximum atomic E-state index is 12.6. The summed E-state index contributed by atoms with van der Waals surface area (Å²) in [5.74, 6) is 1.84. The summed E-state index contributed by atoms with van der Waals surface area (Å²) in [5, 5.41) is 13.6. The van der Waals surface area contributed by atoms with Crippen LogP contribution in [0.1, 0.15) is 40.9 Å². The number of thiophene rings is 1. The van der Waals surface area contributed by atoms with Gasteiger partial charge in [-0.05, 0) is 55.3 Å². The molecule has 9 heteroatoms. The molecule has 2 aromatic heterocycles. The van der Waals surface area contributed by atoms with Gasteiger partial charge in [-0.15, -0.1) is 21.5 Å². The van der Waals surface area contributed by atoms with Crippen molar-refractivity contribution in [1.82, 2.24) is 10.2 Å². The van der Waals surface area contributed by atoms with Crippen molar-refractivity contribution < 1.29 is 14.3 Å². The summed E-state index contributed by atoms with van der Waals surface area (Å²) in [5.41, 5.74) is 0.489. The number of nitrogens with one attached hydrogen (secondary N) is 1. The minimum absolute atomic E-state index is 0.232. The predicted octanol–water partition coefficient (Wildman–Crippen LogP) is 5.47. The van der Waals surface area contributed by atoms with E-state index in [1.165, 1.54) is 29.1 Å². The van der Waals surface area contributed by atoms with Gasteiger partial charge in [-0.3, -0.25) is 10.1 Å². The second-order valence-corrected chi connectivity index (χ2v) is 9.82. The average molecular weight is 448 g/mol. The largest absolute Gasteiger partial charge is 0.493 e. The molecule has 0 unspecified atom stereocenters. The first kappa shape index (κ1) is 20.2. The molecule has 1 amide bonds. The maximum Gasteiger partial charge on any atom is 0.257 e. The van der Waals surface area contributed by atoms with Crippen molar-refractivity contribution in [3.8, 4) is 11.5 Å². The molecular formula is C20H21N3O3S3. The van der Waals surface area contributed by atoms with Gasteiger partial charge < -0.3 is 9.47 Å². The van der Waals surface area contributed by atoms with Crippen molar-refractivity contribution in [3.05, 3.63) is 46.2 Å². The minimum Gasteiger partial charge on any atom is -0.493 e. The van der Waals surface area contributed by atoms with Gasteiger partial charge in [0.25, 0.3) is 5.91 Å². The molecule has 3 aromatic rings. The Labute approximate surface area is 181 Å². The molecule has 0 atom stereocenters. The second kappa shape index (κ2) is 9.60. The monoisotopic (exact) mass is 447 g/mol. The van der Waals surface area contributed by atoms with E-state index in [9.17, 15) is 4.79 Å². The van der Waals surface area contributed by atoms with Crippen LogP contribution in [0.15, 0.2) is 40.1 Å². The number of anilines is 1. The minimum atomic E-state index is -0.248. The molecule has 1 aromatic carbocycles. The van der Waals surface area contributed by atoms with Crippen LogP contribution in [0.5, 0.6) is 11.5 Å². The van der Waals surface area contributed by atoms with Crippen LogP contribution in [0, 0.1) is 0 Å². The molecule has 0 aliphatic heterocycles. The molecule has 1 aliphatic rings. The molecule has 1 fully saturated rings. The number of benzene rings is 1. The Morgan fingerprint density at radius 1 is 1.24 bits per heavy atom. The lowest BCUT2D eigenvalue weighted by molar-refractivity contribution is 0.102. The number of carbonyl (C=O) groups excluding carboxylic acids is 1. The second-order valence-electron chi connectivity index (χ2n) is 6.59. The van der Waals surface area contributed by atoms with Gasteiger partial charge in [0.1, 0.15) is 0 Å². The van der Waals surface area contributed by atoms with Crippen LogP contribution in [0.2, 0.25) is 0 Å². The van der Waals surface area contributed by atoms with Crippen LogP contribution < -0.4 is 14.8 Å². The number of methoxy groups -OCH3 is 1. The van der Waals surface area contributed by atoms with Crippen LogP contribution in [0.3, 0.4) is 0 Å². The number of ether oxygens (including phenoxy) is 2. The zero-order chi connectivity index (χ0) is 20.1. The number of carbonyl (C=O) groups is 1. The lowest BCUT2D eigenvalue weighted by Crippen LogP contribution is -2.14. The van der Waals surface area contributed by atoms with E-state index in [-0.39, 0.29) is 12.0 Å². The quantitative estimate of drug-likeness (QED) is 0.364. The third-order valence-electron chi connectivity index (χ3n) is 4.57. The van der Waals surface area contributed by atoms with Gasteiger partial charge in [0.15, 0.2) is 15.8 Å². The summed E-state index contributed by atoms with van der Waals surface area (Å²) in [7, 11) is 1.58. The van der Waals surface area contributed by atoms with Crippen molar-refractivity contribution in [2.45, 2.75) is 41.9 Å². The fourth-order valence-electron chi connectivity index (χ4n) is 3.11. The van der Waals surface area contributed by atoms with E-state index in [0.717, 1.165) is 22.9 Å². The zero-order valence-corrected chi connectivity index (χ0v) is 18.4. The van der Waals surface area contributed by atoms with Crippen molar-refractivity contribution in [1.29, 1.82) is 0 Å². The normalized spacial score (nSPS) is 14.1. The van der Waals surface area contributed by atoms with Gasteiger partial charge in [-0.2, -0.15) is 0 Å². The number of hydrogen-bond donors (Lipinski definition) is 1. The Kier molecular flexibility index (Phi) is 6.68. The van der Waals surface area contributed by atoms with Crippen molar-refractivity contribution >= 4 is 45.5 Å². The molecule has 4 rings (SSSR count). The summed E-state index contributed by atoms with van der Waals surface area (Å²) in [4.78, 5) is 13.9. The lowest BCUT2D eigenvalue weighted by Gasteiger charge is -2.16. The number of hydrogen-bond acceptors (Lipinski definition) is 8. The first-order valence-electron chi connectivity index (χ1n) is 9.36. The SMILES string of the molecule is COc1cc(C(=O)Nc2nnc(SCc3cccs3)s2)ccc1OC1CCCC1. The molecular weight excluding hydrogens is 426 g/mol. The molecule has 1 aliphatic carbocycles. The van der Waals surface area contributed by atoms with Crippen LogP contribution in [-0.4, -0.2) is 29.3 Å². The lowest BCUT2D eigenvalue weighted by atomic mass is 10.2. The summed E-state index contributed by atoms with van der Waals surface area (Å²) in [6, 6.07) is 9.37. The van der Waals surface area contributed by atoms with Crippen molar-refractivity contribution in [3.63, 3.8) is 0 Å². The van der Waals surface area contributed by atoms with E-state index in [2.05, 4.69) is 27.0 Å². The highest BCUT2D eigenvalue weighted by atomic mass is 32.2. The van der Waals surface area contributed by atoms with Crippen molar-refractivity contribution in [2.24, 2.45) is 0 Å². The molecule has 0 saturated heterocycles. The molecule has 29 heavy (non-hydrogen) atoms. The summed E-state index contributed by atoms with van der Waals surface area (Å²) < 4.78 is 12.3. The highest BCUT2D eigenvalue weighted by Gasteiger charge is 2.19. The topological polar surface area (TPSA) is 73.3 Å². The molecule has 152 valence electrons. The van der Waals surface area contributed by atoms with Crippen LogP contribution in [0.25, 0.3) is 0 Å². The maximum absolute atomic E-state index is 12.6. The van der Waals surface area contributed by atoms with E-state index in [0.29, 0.717) is 22.2 Å². The van der Waals surface area contributed by atoms with E-state index < -0.39 is 0 Å². The molecule has 1 N–H and O–H groups in total. The highest BCUT2D eigenvalue weighted by Crippen LogP contribution is 2.33. The fourth-order valence-corrected chi connectivity index (χ4v) is 5.63. The molecule has 1 saturated carbocycles. The Hall–Kier alpha value is -2.10. The predicted molar refractivity (Wildman–Crippen MR) is 118 cm³/mol. The number of nitrogens with zero attached hydrogens (tertiary/aromatic N) is 2. The van der Waals surface area contributed by atoms with Gasteiger partial charge in [0.2, 0.25) is 5.13 Å². The summed E-state index contributed by atoms with van der Waals surface area (Å²) in [6.07, 6.45) is 4.76. The molecule has 0 bridgehead atoms. The van der Waals surface area contributed by atoms with E-state index in [4.69, 9.17) is 9.47 Å². The molecule has 2 heterocycles. The van der Waals surface area contributed by atoms with Gasteiger partial charge in [0.05, 0.1) is 13.2 Å². The Balaban J connectivity index is 1.37. The Morgan fingerprint density at radius 3 is 2.86 bits per heavy atom. The molecule has 0 spiro atoms. The van der Waals surface area contributed by atoms with Crippen LogP contribution >= 0.6 is 34.4 Å². The van der Waals surface area contributed by atoms with Crippen LogP contribution in [-0.2, 0) is 5.75 Å². The van der Waals surface area contributed by atoms with Crippen molar-refractivity contribution in [2.75, 3.05) is 12.4 Å². The smallest absolute Gasteiger partial charge is 0.257 e. The number of rotatable bonds is 8. The summed E-state index contributed by atoms with van der Waals surface area (Å²) >= 11 is 4.70. The third kappa shape index (κ3) is 5.29. The average Bonchev–Trinajstić information content (AvgIpc) is 3.50. The van der Waals surface area contributed by atoms with Gasteiger partial charge >= 0.3 is 0 Å². The Morgan fingerprint density at radius 2 is 2.10 bits per heavy atom. The zero-order valence-electron chi connectivity index (χ0n) is 15.9. The third-order valence-corrected chi connectivity index (χ3v) is 7.65. The van der Waals surface area contributed by atoms with E-state index in [1.54, 1.807) is 48.4 Å². The van der Waals surface area contributed by atoms with Gasteiger partial charge in [0, 0.05) is 16.2 Å². The Bertz CT molecular complexity index is 953. The van der Waals surface area contributed by atoms with E-state index >= 15 is 0 Å². The van der Waals surface area contributed by atoms with Gasteiger partial charge in [-0.25, -0.2) is 0 Å². The number of aromatic nitrogens is 2.